The third kappa shape index (κ3) is 3.09. The maximum atomic E-state index is 10.3. The third-order valence-corrected chi connectivity index (χ3v) is 6.83. The number of benzene rings is 1. The molecule has 28 heavy (non-hydrogen) atoms. The molecular weight excluding hydrogens is 368 g/mol. The predicted octanol–water partition coefficient (Wildman–Crippen LogP) is 3.91. The number of nitrogens with zero attached hydrogens (tertiary/aromatic N) is 4. The van der Waals surface area contributed by atoms with E-state index in [1.807, 2.05) is 0 Å². The van der Waals surface area contributed by atoms with E-state index in [4.69, 9.17) is 9.97 Å². The molecule has 4 heterocycles. The second-order valence-corrected chi connectivity index (χ2v) is 9.17. The van der Waals surface area contributed by atoms with Crippen LogP contribution in [-0.2, 0) is 6.54 Å². The number of anilines is 1. The zero-order valence-electron chi connectivity index (χ0n) is 16.4. The lowest BCUT2D eigenvalue weighted by Crippen LogP contribution is -2.45. The molecule has 5 nitrogen and oxygen atoms in total. The monoisotopic (exact) mass is 394 g/mol. The lowest BCUT2D eigenvalue weighted by atomic mass is 9.98. The summed E-state index contributed by atoms with van der Waals surface area (Å²) in [5.74, 6) is 1.95. The highest BCUT2D eigenvalue weighted by molar-refractivity contribution is 7.17. The van der Waals surface area contributed by atoms with Gasteiger partial charge in [-0.1, -0.05) is 30.3 Å². The molecule has 2 saturated heterocycles. The number of piperidine rings is 1. The number of hydrogen-bond donors (Lipinski definition) is 1. The van der Waals surface area contributed by atoms with Crippen molar-refractivity contribution < 1.29 is 5.11 Å². The molecule has 3 aromatic rings. The summed E-state index contributed by atoms with van der Waals surface area (Å²) in [7, 11) is 4.11. The standard InChI is InChI=1S/C22H26N4OS/c1-25(2)12-19-23-21(26-15-8-9-16(26)11-17(27)10-15)20-18(13-28-22(20)24-19)14-6-4-3-5-7-14/h3-7,13,15-17,27H,8-12H2,1-2H3. The highest BCUT2D eigenvalue weighted by Crippen LogP contribution is 2.45. The Balaban J connectivity index is 1.70. The molecule has 2 aromatic heterocycles. The minimum Gasteiger partial charge on any atom is -0.393 e. The van der Waals surface area contributed by atoms with Crippen molar-refractivity contribution in [3.63, 3.8) is 0 Å². The van der Waals surface area contributed by atoms with Crippen LogP contribution in [0.5, 0.6) is 0 Å². The zero-order valence-corrected chi connectivity index (χ0v) is 17.2. The SMILES string of the molecule is CN(C)Cc1nc(N2C3CCC2CC(O)C3)c2c(-c3ccccc3)csc2n1. The molecule has 146 valence electrons. The highest BCUT2D eigenvalue weighted by atomic mass is 32.1. The van der Waals surface area contributed by atoms with Crippen molar-refractivity contribution in [2.75, 3.05) is 19.0 Å². The molecule has 0 radical (unpaired) electrons. The van der Waals surface area contributed by atoms with Gasteiger partial charge in [-0.15, -0.1) is 11.3 Å². The van der Waals surface area contributed by atoms with Gasteiger partial charge in [0.1, 0.15) is 16.5 Å². The maximum Gasteiger partial charge on any atom is 0.146 e. The van der Waals surface area contributed by atoms with Gasteiger partial charge in [-0.3, -0.25) is 0 Å². The Labute approximate surface area is 169 Å². The van der Waals surface area contributed by atoms with Gasteiger partial charge in [0.15, 0.2) is 0 Å². The van der Waals surface area contributed by atoms with Crippen LogP contribution in [0.1, 0.15) is 31.5 Å². The molecule has 0 spiro atoms. The second kappa shape index (κ2) is 7.10. The Kier molecular flexibility index (Phi) is 4.57. The topological polar surface area (TPSA) is 52.5 Å². The quantitative estimate of drug-likeness (QED) is 0.727. The Bertz CT molecular complexity index is 973. The van der Waals surface area contributed by atoms with Crippen LogP contribution in [-0.4, -0.2) is 52.3 Å². The average Bonchev–Trinajstić information content (AvgIpc) is 3.20. The number of hydrogen-bond acceptors (Lipinski definition) is 6. The number of aliphatic hydroxyl groups is 1. The van der Waals surface area contributed by atoms with Crippen molar-refractivity contribution in [2.24, 2.45) is 0 Å². The molecule has 6 heteroatoms. The van der Waals surface area contributed by atoms with Crippen LogP contribution in [0, 0.1) is 0 Å². The molecule has 2 aliphatic heterocycles. The summed E-state index contributed by atoms with van der Waals surface area (Å²) in [4.78, 5) is 15.7. The van der Waals surface area contributed by atoms with Gasteiger partial charge in [-0.2, -0.15) is 0 Å². The molecule has 2 atom stereocenters. The van der Waals surface area contributed by atoms with Crippen molar-refractivity contribution in [2.45, 2.75) is 50.4 Å². The van der Waals surface area contributed by atoms with Crippen molar-refractivity contribution >= 4 is 27.4 Å². The van der Waals surface area contributed by atoms with Crippen LogP contribution < -0.4 is 4.90 Å². The fraction of sp³-hybridized carbons (Fsp3) is 0.455. The van der Waals surface area contributed by atoms with E-state index in [-0.39, 0.29) is 6.10 Å². The number of aromatic nitrogens is 2. The lowest BCUT2D eigenvalue weighted by molar-refractivity contribution is 0.126. The highest BCUT2D eigenvalue weighted by Gasteiger charge is 2.42. The van der Waals surface area contributed by atoms with Crippen LogP contribution >= 0.6 is 11.3 Å². The Morgan fingerprint density at radius 3 is 2.50 bits per heavy atom. The van der Waals surface area contributed by atoms with E-state index in [1.165, 1.54) is 16.5 Å². The number of fused-ring (bicyclic) bond motifs is 3. The van der Waals surface area contributed by atoms with Gasteiger partial charge in [0.25, 0.3) is 0 Å². The number of thiophene rings is 1. The van der Waals surface area contributed by atoms with Crippen molar-refractivity contribution in [1.29, 1.82) is 0 Å². The van der Waals surface area contributed by atoms with Crippen LogP contribution in [0.2, 0.25) is 0 Å². The van der Waals surface area contributed by atoms with Gasteiger partial charge in [-0.25, -0.2) is 9.97 Å². The Morgan fingerprint density at radius 1 is 1.11 bits per heavy atom. The summed E-state index contributed by atoms with van der Waals surface area (Å²) < 4.78 is 0. The fourth-order valence-electron chi connectivity index (χ4n) is 4.83. The molecule has 2 unspecified atom stereocenters. The molecule has 2 bridgehead atoms. The predicted molar refractivity (Wildman–Crippen MR) is 115 cm³/mol. The minimum absolute atomic E-state index is 0.177. The van der Waals surface area contributed by atoms with E-state index >= 15 is 0 Å². The summed E-state index contributed by atoms with van der Waals surface area (Å²) in [5, 5.41) is 13.7. The van der Waals surface area contributed by atoms with E-state index in [9.17, 15) is 5.11 Å². The Hall–Kier alpha value is -2.02. The molecule has 1 aromatic carbocycles. The normalized spacial score (nSPS) is 24.4. The summed E-state index contributed by atoms with van der Waals surface area (Å²) in [6, 6.07) is 11.3. The summed E-state index contributed by atoms with van der Waals surface area (Å²) in [5.41, 5.74) is 2.43. The van der Waals surface area contributed by atoms with Gasteiger partial charge in [0.05, 0.1) is 18.0 Å². The third-order valence-electron chi connectivity index (χ3n) is 5.96. The van der Waals surface area contributed by atoms with Crippen LogP contribution in [0.3, 0.4) is 0 Å². The second-order valence-electron chi connectivity index (χ2n) is 8.31. The first-order valence-corrected chi connectivity index (χ1v) is 10.9. The van der Waals surface area contributed by atoms with Crippen LogP contribution in [0.25, 0.3) is 21.3 Å². The smallest absolute Gasteiger partial charge is 0.146 e. The fourth-order valence-corrected chi connectivity index (χ4v) is 5.79. The molecule has 0 amide bonds. The molecule has 2 fully saturated rings. The molecule has 0 aliphatic carbocycles. The Morgan fingerprint density at radius 2 is 1.82 bits per heavy atom. The molecular formula is C22H26N4OS. The van der Waals surface area contributed by atoms with E-state index in [1.54, 1.807) is 11.3 Å². The van der Waals surface area contributed by atoms with Gasteiger partial charge in [-0.05, 0) is 45.3 Å². The zero-order chi connectivity index (χ0) is 19.3. The van der Waals surface area contributed by atoms with Gasteiger partial charge >= 0.3 is 0 Å². The molecule has 1 N–H and O–H groups in total. The van der Waals surface area contributed by atoms with E-state index < -0.39 is 0 Å². The first-order chi connectivity index (χ1) is 13.6. The van der Waals surface area contributed by atoms with Crippen molar-refractivity contribution in [1.82, 2.24) is 14.9 Å². The molecule has 0 saturated carbocycles. The first-order valence-electron chi connectivity index (χ1n) is 10.0. The number of rotatable bonds is 4. The first kappa shape index (κ1) is 18.0. The summed E-state index contributed by atoms with van der Waals surface area (Å²) in [6.07, 6.45) is 3.79. The van der Waals surface area contributed by atoms with Gasteiger partial charge in [0, 0.05) is 23.0 Å². The molecule has 2 aliphatic rings. The summed E-state index contributed by atoms with van der Waals surface area (Å²) in [6.45, 7) is 0.729. The van der Waals surface area contributed by atoms with E-state index in [2.05, 4.69) is 59.6 Å². The van der Waals surface area contributed by atoms with E-state index in [0.29, 0.717) is 12.1 Å². The van der Waals surface area contributed by atoms with Gasteiger partial charge in [0.2, 0.25) is 0 Å². The average molecular weight is 395 g/mol. The van der Waals surface area contributed by atoms with Crippen LogP contribution in [0.4, 0.5) is 5.82 Å². The van der Waals surface area contributed by atoms with Crippen molar-refractivity contribution in [3.05, 3.63) is 41.5 Å². The van der Waals surface area contributed by atoms with Gasteiger partial charge < -0.3 is 14.9 Å². The number of aliphatic hydroxyl groups excluding tert-OH is 1. The van der Waals surface area contributed by atoms with E-state index in [0.717, 1.165) is 48.7 Å². The summed E-state index contributed by atoms with van der Waals surface area (Å²) >= 11 is 1.71. The maximum absolute atomic E-state index is 10.3. The lowest BCUT2D eigenvalue weighted by Gasteiger charge is -2.38. The van der Waals surface area contributed by atoms with Crippen LogP contribution in [0.15, 0.2) is 35.7 Å². The molecule has 5 rings (SSSR count). The minimum atomic E-state index is -0.177. The largest absolute Gasteiger partial charge is 0.393 e. The van der Waals surface area contributed by atoms with Crippen molar-refractivity contribution in [3.8, 4) is 11.1 Å².